The maximum atomic E-state index is 12.7. The Morgan fingerprint density at radius 3 is 2.55 bits per heavy atom. The molecule has 0 amide bonds. The van der Waals surface area contributed by atoms with Gasteiger partial charge in [0.25, 0.3) is 0 Å². The molecule has 2 bridgehead atoms. The minimum absolute atomic E-state index is 0.0136. The molecule has 2 fully saturated rings. The van der Waals surface area contributed by atoms with Gasteiger partial charge in [0.2, 0.25) is 1.43 Å². The van der Waals surface area contributed by atoms with Crippen molar-refractivity contribution in [1.29, 1.82) is 1.43 Å². The van der Waals surface area contributed by atoms with Crippen LogP contribution in [0.1, 0.15) is 44.1 Å². The maximum absolute atomic E-state index is 12.7. The summed E-state index contributed by atoms with van der Waals surface area (Å²) in [5.74, 6) is -0.823. The first-order valence-corrected chi connectivity index (χ1v) is 8.19. The van der Waals surface area contributed by atoms with E-state index in [4.69, 9.17) is 6.17 Å². The molecular weight excluding hydrogens is 278 g/mol. The van der Waals surface area contributed by atoms with Crippen LogP contribution in [0.15, 0.2) is 30.3 Å². The van der Waals surface area contributed by atoms with Crippen LogP contribution < -0.4 is 0 Å². The third-order valence-electron chi connectivity index (χ3n) is 5.22. The lowest BCUT2D eigenvalue weighted by Crippen LogP contribution is -2.44. The molecule has 22 heavy (non-hydrogen) atoms. The van der Waals surface area contributed by atoms with E-state index in [1.54, 1.807) is 6.92 Å². The SMILES string of the molecule is [2H]OC(C)C(C(=O)O[C@H]1CC2CC[C@H](C1)N2C)c1ccccc1. The lowest BCUT2D eigenvalue weighted by Gasteiger charge is -2.36. The third-order valence-corrected chi connectivity index (χ3v) is 5.22. The van der Waals surface area contributed by atoms with Gasteiger partial charge in [-0.05, 0) is 45.2 Å². The normalized spacial score (nSPS) is 31.4. The number of carbonyl (C=O) groups is 1. The van der Waals surface area contributed by atoms with Crippen molar-refractivity contribution >= 4 is 5.97 Å². The van der Waals surface area contributed by atoms with Crippen LogP contribution >= 0.6 is 0 Å². The molecule has 2 saturated heterocycles. The van der Waals surface area contributed by atoms with E-state index in [-0.39, 0.29) is 12.1 Å². The second-order valence-corrected chi connectivity index (χ2v) is 6.67. The van der Waals surface area contributed by atoms with Gasteiger partial charge < -0.3 is 14.7 Å². The van der Waals surface area contributed by atoms with Gasteiger partial charge in [-0.15, -0.1) is 0 Å². The highest BCUT2D eigenvalue weighted by Crippen LogP contribution is 2.36. The number of esters is 1. The summed E-state index contributed by atoms with van der Waals surface area (Å²) in [6.07, 6.45) is 3.67. The summed E-state index contributed by atoms with van der Waals surface area (Å²) in [6, 6.07) is 10.5. The number of rotatable bonds is 5. The van der Waals surface area contributed by atoms with Crippen molar-refractivity contribution in [3.05, 3.63) is 35.9 Å². The summed E-state index contributed by atoms with van der Waals surface area (Å²) in [5.41, 5.74) is 0.841. The highest BCUT2D eigenvalue weighted by atomic mass is 16.5. The molecule has 4 heteroatoms. The Labute approximate surface area is 133 Å². The van der Waals surface area contributed by atoms with Gasteiger partial charge in [0, 0.05) is 12.1 Å². The standard InChI is InChI=1S/C18H25NO3/c1-12(20)17(13-6-4-3-5-7-13)18(21)22-16-10-14-8-9-15(11-16)19(14)2/h3-7,12,14-17,20H,8-11H2,1-2H3/t12?,14-,15?,16-,17?/m1/s1/i20D. The van der Waals surface area contributed by atoms with Gasteiger partial charge in [0.1, 0.15) is 12.0 Å². The van der Waals surface area contributed by atoms with E-state index in [2.05, 4.69) is 17.1 Å². The summed E-state index contributed by atoms with van der Waals surface area (Å²) >= 11 is 0. The van der Waals surface area contributed by atoms with Gasteiger partial charge in [-0.2, -0.15) is 0 Å². The highest BCUT2D eigenvalue weighted by Gasteiger charge is 2.40. The lowest BCUT2D eigenvalue weighted by atomic mass is 9.94. The summed E-state index contributed by atoms with van der Waals surface area (Å²) in [5, 5.41) is 4.69. The van der Waals surface area contributed by atoms with Gasteiger partial charge in [-0.3, -0.25) is 4.79 Å². The molecule has 0 saturated carbocycles. The molecule has 1 N–H and O–H groups in total. The van der Waals surface area contributed by atoms with Crippen LogP contribution in [-0.2, 0) is 9.53 Å². The molecule has 5 atom stereocenters. The zero-order chi connectivity index (χ0) is 16.4. The Balaban J connectivity index is 1.70. The summed E-state index contributed by atoms with van der Waals surface area (Å²) in [4.78, 5) is 15.2. The average molecular weight is 304 g/mol. The molecule has 2 aliphatic rings. The molecule has 0 aromatic heterocycles. The predicted octanol–water partition coefficient (Wildman–Crippen LogP) is 2.32. The van der Waals surface area contributed by atoms with E-state index in [0.717, 1.165) is 18.4 Å². The number of aliphatic hydroxyl groups is 1. The number of hydrogen-bond donors (Lipinski definition) is 1. The number of piperidine rings is 1. The molecule has 0 aliphatic carbocycles. The number of aliphatic hydroxyl groups excluding tert-OH is 1. The van der Waals surface area contributed by atoms with Crippen molar-refractivity contribution in [3.63, 3.8) is 0 Å². The Kier molecular flexibility index (Phi) is 4.13. The fourth-order valence-corrected chi connectivity index (χ4v) is 3.95. The molecule has 4 nitrogen and oxygen atoms in total. The van der Waals surface area contributed by atoms with Crippen LogP contribution in [-0.4, -0.2) is 48.7 Å². The largest absolute Gasteiger partial charge is 0.462 e. The third kappa shape index (κ3) is 3.03. The Hall–Kier alpha value is -1.39. The quantitative estimate of drug-likeness (QED) is 0.848. The monoisotopic (exact) mass is 304 g/mol. The number of fused-ring (bicyclic) bond motifs is 2. The minimum atomic E-state index is -0.550. The number of benzene rings is 1. The number of carbonyl (C=O) groups excluding carboxylic acids is 1. The topological polar surface area (TPSA) is 49.8 Å². The van der Waals surface area contributed by atoms with Gasteiger partial charge in [-0.1, -0.05) is 30.3 Å². The fourth-order valence-electron chi connectivity index (χ4n) is 3.95. The van der Waals surface area contributed by atoms with E-state index >= 15 is 0 Å². The van der Waals surface area contributed by atoms with Gasteiger partial charge in [0.15, 0.2) is 0 Å². The Morgan fingerprint density at radius 1 is 1.32 bits per heavy atom. The molecule has 1 aromatic rings. The first kappa shape index (κ1) is 14.2. The van der Waals surface area contributed by atoms with Gasteiger partial charge >= 0.3 is 5.97 Å². The van der Waals surface area contributed by atoms with Crippen molar-refractivity contribution in [2.24, 2.45) is 0 Å². The predicted molar refractivity (Wildman–Crippen MR) is 84.6 cm³/mol. The van der Waals surface area contributed by atoms with E-state index in [9.17, 15) is 4.79 Å². The Bertz CT molecular complexity index is 524. The van der Waals surface area contributed by atoms with Crippen LogP contribution in [0.25, 0.3) is 0 Å². The molecule has 2 aliphatic heterocycles. The van der Waals surface area contributed by atoms with E-state index < -0.39 is 12.0 Å². The molecule has 2 heterocycles. The second-order valence-electron chi connectivity index (χ2n) is 6.67. The van der Waals surface area contributed by atoms with Crippen LogP contribution in [0.3, 0.4) is 0 Å². The van der Waals surface area contributed by atoms with Crippen molar-refractivity contribution in [3.8, 4) is 0 Å². The van der Waals surface area contributed by atoms with Crippen LogP contribution in [0, 0.1) is 0 Å². The second kappa shape index (κ2) is 6.39. The maximum Gasteiger partial charge on any atom is 0.316 e. The van der Waals surface area contributed by atoms with Gasteiger partial charge in [0.05, 0.1) is 6.10 Å². The molecule has 0 radical (unpaired) electrons. The molecule has 0 spiro atoms. The smallest absolute Gasteiger partial charge is 0.316 e. The van der Waals surface area contributed by atoms with Crippen LogP contribution in [0.2, 0.25) is 0 Å². The molecular formula is C18H25NO3. The summed E-state index contributed by atoms with van der Waals surface area (Å²) in [6.45, 7) is 1.74. The minimum Gasteiger partial charge on any atom is -0.462 e. The molecule has 3 rings (SSSR count). The summed E-state index contributed by atoms with van der Waals surface area (Å²) in [7, 11) is 2.17. The fraction of sp³-hybridized carbons (Fsp3) is 0.611. The van der Waals surface area contributed by atoms with E-state index in [1.165, 1.54) is 12.8 Å². The lowest BCUT2D eigenvalue weighted by molar-refractivity contribution is -0.156. The van der Waals surface area contributed by atoms with Crippen molar-refractivity contribution < 1.29 is 14.6 Å². The molecule has 1 aromatic carbocycles. The van der Waals surface area contributed by atoms with Crippen molar-refractivity contribution in [1.82, 2.24) is 4.90 Å². The van der Waals surface area contributed by atoms with E-state index in [0.29, 0.717) is 12.1 Å². The van der Waals surface area contributed by atoms with Crippen molar-refractivity contribution in [2.45, 2.75) is 62.8 Å². The molecule has 120 valence electrons. The summed E-state index contributed by atoms with van der Waals surface area (Å²) < 4.78 is 13.0. The first-order valence-electron chi connectivity index (χ1n) is 8.60. The van der Waals surface area contributed by atoms with Crippen molar-refractivity contribution in [2.75, 3.05) is 7.05 Å². The zero-order valence-corrected chi connectivity index (χ0v) is 13.3. The average Bonchev–Trinajstić information content (AvgIpc) is 2.77. The van der Waals surface area contributed by atoms with Gasteiger partial charge in [-0.25, -0.2) is 0 Å². The number of nitrogens with zero attached hydrogens (tertiary/aromatic N) is 1. The zero-order valence-electron chi connectivity index (χ0n) is 14.3. The Morgan fingerprint density at radius 2 is 1.95 bits per heavy atom. The highest BCUT2D eigenvalue weighted by molar-refractivity contribution is 5.79. The number of ether oxygens (including phenoxy) is 1. The van der Waals surface area contributed by atoms with E-state index in [1.807, 2.05) is 30.3 Å². The van der Waals surface area contributed by atoms with Crippen LogP contribution in [0.4, 0.5) is 0 Å². The first-order chi connectivity index (χ1) is 11.1. The van der Waals surface area contributed by atoms with Crippen LogP contribution in [0.5, 0.6) is 0 Å². The molecule has 3 unspecified atom stereocenters. The number of hydrogen-bond acceptors (Lipinski definition) is 4.